The van der Waals surface area contributed by atoms with Gasteiger partial charge in [-0.15, -0.1) is 0 Å². The second-order valence-corrected chi connectivity index (χ2v) is 3.87. The van der Waals surface area contributed by atoms with Crippen molar-refractivity contribution in [3.63, 3.8) is 0 Å². The zero-order chi connectivity index (χ0) is 10.1. The molecule has 2 heterocycles. The highest BCUT2D eigenvalue weighted by atomic mass is 15.1. The SMILES string of the molecule is Cc1[nH]c2ncccc2c1CN(C)C. The number of nitrogens with zero attached hydrogens (tertiary/aromatic N) is 2. The van der Waals surface area contributed by atoms with Crippen molar-refractivity contribution in [3.8, 4) is 0 Å². The molecule has 1 N–H and O–H groups in total. The Morgan fingerprint density at radius 1 is 1.43 bits per heavy atom. The smallest absolute Gasteiger partial charge is 0.137 e. The number of pyridine rings is 1. The first-order valence-corrected chi connectivity index (χ1v) is 4.75. The third-order valence-electron chi connectivity index (χ3n) is 2.37. The molecule has 2 aromatic heterocycles. The van der Waals surface area contributed by atoms with E-state index in [0.717, 1.165) is 12.2 Å². The molecule has 14 heavy (non-hydrogen) atoms. The number of rotatable bonds is 2. The van der Waals surface area contributed by atoms with E-state index in [9.17, 15) is 0 Å². The Balaban J connectivity index is 2.56. The quantitative estimate of drug-likeness (QED) is 0.782. The van der Waals surface area contributed by atoms with E-state index in [1.807, 2.05) is 12.3 Å². The van der Waals surface area contributed by atoms with Crippen molar-refractivity contribution in [3.05, 3.63) is 29.6 Å². The van der Waals surface area contributed by atoms with Crippen molar-refractivity contribution in [2.75, 3.05) is 14.1 Å². The summed E-state index contributed by atoms with van der Waals surface area (Å²) in [6, 6.07) is 4.10. The summed E-state index contributed by atoms with van der Waals surface area (Å²) in [6.07, 6.45) is 1.82. The largest absolute Gasteiger partial charge is 0.343 e. The van der Waals surface area contributed by atoms with Gasteiger partial charge in [0, 0.05) is 23.8 Å². The predicted molar refractivity (Wildman–Crippen MR) is 58.2 cm³/mol. The number of hydrogen-bond acceptors (Lipinski definition) is 2. The summed E-state index contributed by atoms with van der Waals surface area (Å²) in [6.45, 7) is 3.05. The van der Waals surface area contributed by atoms with Gasteiger partial charge in [0.25, 0.3) is 0 Å². The van der Waals surface area contributed by atoms with Crippen LogP contribution in [0.4, 0.5) is 0 Å². The molecule has 2 aromatic rings. The van der Waals surface area contributed by atoms with E-state index in [1.54, 1.807) is 0 Å². The number of nitrogens with one attached hydrogen (secondary N) is 1. The van der Waals surface area contributed by atoms with Crippen LogP contribution in [0.1, 0.15) is 11.3 Å². The van der Waals surface area contributed by atoms with Gasteiger partial charge in [0.05, 0.1) is 0 Å². The highest BCUT2D eigenvalue weighted by Crippen LogP contribution is 2.20. The van der Waals surface area contributed by atoms with Crippen LogP contribution in [0.25, 0.3) is 11.0 Å². The first kappa shape index (κ1) is 9.21. The maximum atomic E-state index is 4.30. The van der Waals surface area contributed by atoms with Crippen LogP contribution in [-0.4, -0.2) is 29.0 Å². The summed E-state index contributed by atoms with van der Waals surface area (Å²) < 4.78 is 0. The van der Waals surface area contributed by atoms with Gasteiger partial charge in [-0.2, -0.15) is 0 Å². The van der Waals surface area contributed by atoms with Gasteiger partial charge < -0.3 is 9.88 Å². The van der Waals surface area contributed by atoms with Crippen molar-refractivity contribution in [2.45, 2.75) is 13.5 Å². The molecule has 0 saturated heterocycles. The van der Waals surface area contributed by atoms with Gasteiger partial charge in [-0.25, -0.2) is 4.98 Å². The zero-order valence-electron chi connectivity index (χ0n) is 8.83. The van der Waals surface area contributed by atoms with E-state index in [1.165, 1.54) is 16.6 Å². The van der Waals surface area contributed by atoms with Gasteiger partial charge in [-0.3, -0.25) is 0 Å². The molecule has 74 valence electrons. The topological polar surface area (TPSA) is 31.9 Å². The van der Waals surface area contributed by atoms with Crippen molar-refractivity contribution in [1.29, 1.82) is 0 Å². The third kappa shape index (κ3) is 1.51. The molecule has 0 saturated carbocycles. The van der Waals surface area contributed by atoms with Crippen LogP contribution in [0.3, 0.4) is 0 Å². The van der Waals surface area contributed by atoms with Gasteiger partial charge in [0.15, 0.2) is 0 Å². The number of H-pyrrole nitrogens is 1. The highest BCUT2D eigenvalue weighted by molar-refractivity contribution is 5.80. The van der Waals surface area contributed by atoms with E-state index < -0.39 is 0 Å². The minimum Gasteiger partial charge on any atom is -0.343 e. The first-order chi connectivity index (χ1) is 6.68. The Bertz CT molecular complexity index is 443. The molecule has 0 bridgehead atoms. The summed E-state index contributed by atoms with van der Waals surface area (Å²) in [4.78, 5) is 9.76. The van der Waals surface area contributed by atoms with E-state index in [-0.39, 0.29) is 0 Å². The molecule has 0 amide bonds. The number of hydrogen-bond donors (Lipinski definition) is 1. The fourth-order valence-corrected chi connectivity index (χ4v) is 1.72. The van der Waals surface area contributed by atoms with Crippen LogP contribution in [0.15, 0.2) is 18.3 Å². The third-order valence-corrected chi connectivity index (χ3v) is 2.37. The maximum absolute atomic E-state index is 4.30. The Kier molecular flexibility index (Phi) is 2.25. The van der Waals surface area contributed by atoms with Crippen LogP contribution in [0.2, 0.25) is 0 Å². The van der Waals surface area contributed by atoms with Crippen LogP contribution >= 0.6 is 0 Å². The van der Waals surface area contributed by atoms with Crippen LogP contribution < -0.4 is 0 Å². The normalized spacial score (nSPS) is 11.4. The number of fused-ring (bicyclic) bond motifs is 1. The molecule has 3 nitrogen and oxygen atoms in total. The Morgan fingerprint density at radius 3 is 2.93 bits per heavy atom. The molecular weight excluding hydrogens is 174 g/mol. The molecule has 0 aliphatic heterocycles. The average molecular weight is 189 g/mol. The standard InChI is InChI=1S/C11H15N3/c1-8-10(7-14(2)3)9-5-4-6-12-11(9)13-8/h4-6H,7H2,1-3H3,(H,12,13). The zero-order valence-corrected chi connectivity index (χ0v) is 8.83. The molecule has 2 rings (SSSR count). The molecular formula is C11H15N3. The monoisotopic (exact) mass is 189 g/mol. The number of aromatic amines is 1. The summed E-state index contributed by atoms with van der Waals surface area (Å²) in [5.41, 5.74) is 3.55. The van der Waals surface area contributed by atoms with Crippen molar-refractivity contribution < 1.29 is 0 Å². The lowest BCUT2D eigenvalue weighted by molar-refractivity contribution is 0.403. The molecule has 0 radical (unpaired) electrons. The molecule has 0 aliphatic rings. The minimum absolute atomic E-state index is 0.956. The maximum Gasteiger partial charge on any atom is 0.137 e. The van der Waals surface area contributed by atoms with Gasteiger partial charge in [-0.05, 0) is 38.7 Å². The van der Waals surface area contributed by atoms with E-state index in [4.69, 9.17) is 0 Å². The first-order valence-electron chi connectivity index (χ1n) is 4.75. The van der Waals surface area contributed by atoms with E-state index in [2.05, 4.69) is 42.0 Å². The van der Waals surface area contributed by atoms with E-state index in [0.29, 0.717) is 0 Å². The lowest BCUT2D eigenvalue weighted by Gasteiger charge is -2.09. The molecule has 0 fully saturated rings. The Hall–Kier alpha value is -1.35. The molecule has 0 unspecified atom stereocenters. The molecule has 0 aliphatic carbocycles. The summed E-state index contributed by atoms with van der Waals surface area (Å²) >= 11 is 0. The van der Waals surface area contributed by atoms with E-state index >= 15 is 0 Å². The van der Waals surface area contributed by atoms with Crippen LogP contribution in [0.5, 0.6) is 0 Å². The fourth-order valence-electron chi connectivity index (χ4n) is 1.72. The van der Waals surface area contributed by atoms with Crippen molar-refractivity contribution in [2.24, 2.45) is 0 Å². The van der Waals surface area contributed by atoms with Crippen molar-refractivity contribution >= 4 is 11.0 Å². The van der Waals surface area contributed by atoms with Crippen LogP contribution in [0, 0.1) is 6.92 Å². The summed E-state index contributed by atoms with van der Waals surface area (Å²) in [5, 5.41) is 1.23. The highest BCUT2D eigenvalue weighted by Gasteiger charge is 2.08. The van der Waals surface area contributed by atoms with Crippen molar-refractivity contribution in [1.82, 2.24) is 14.9 Å². The van der Waals surface area contributed by atoms with Crippen LogP contribution in [-0.2, 0) is 6.54 Å². The Morgan fingerprint density at radius 2 is 2.21 bits per heavy atom. The average Bonchev–Trinajstić information content (AvgIpc) is 2.43. The van der Waals surface area contributed by atoms with Gasteiger partial charge in [0.1, 0.15) is 5.65 Å². The van der Waals surface area contributed by atoms with Gasteiger partial charge in [-0.1, -0.05) is 0 Å². The second kappa shape index (κ2) is 3.42. The predicted octanol–water partition coefficient (Wildman–Crippen LogP) is 1.93. The minimum atomic E-state index is 0.956. The molecule has 0 spiro atoms. The summed E-state index contributed by atoms with van der Waals surface area (Å²) in [7, 11) is 4.16. The number of aryl methyl sites for hydroxylation is 1. The summed E-state index contributed by atoms with van der Waals surface area (Å²) in [5.74, 6) is 0. The fraction of sp³-hybridized carbons (Fsp3) is 0.364. The lowest BCUT2D eigenvalue weighted by Crippen LogP contribution is -2.11. The molecule has 0 aromatic carbocycles. The molecule has 3 heteroatoms. The molecule has 0 atom stereocenters. The van der Waals surface area contributed by atoms with Gasteiger partial charge >= 0.3 is 0 Å². The number of aromatic nitrogens is 2. The second-order valence-electron chi connectivity index (χ2n) is 3.87. The van der Waals surface area contributed by atoms with Gasteiger partial charge in [0.2, 0.25) is 0 Å². The Labute approximate surface area is 83.8 Å². The lowest BCUT2D eigenvalue weighted by atomic mass is 10.1.